The van der Waals surface area contributed by atoms with Gasteiger partial charge in [-0.1, -0.05) is 18.2 Å². The van der Waals surface area contributed by atoms with Gasteiger partial charge < -0.3 is 15.0 Å². The topological polar surface area (TPSA) is 76.5 Å². The van der Waals surface area contributed by atoms with Gasteiger partial charge in [-0.2, -0.15) is 5.10 Å². The smallest absolute Gasteiger partial charge is 0.261 e. The number of carbonyl (C=O) groups excluding carboxylic acids is 2. The van der Waals surface area contributed by atoms with Crippen molar-refractivity contribution in [2.75, 3.05) is 19.7 Å². The Morgan fingerprint density at radius 2 is 2.10 bits per heavy atom. The zero-order chi connectivity index (χ0) is 20.5. The van der Waals surface area contributed by atoms with E-state index in [2.05, 4.69) is 10.4 Å². The molecule has 1 aliphatic rings. The molecule has 3 aromatic rings. The lowest BCUT2D eigenvalue weighted by atomic mass is 10.0. The maximum atomic E-state index is 12.9. The second kappa shape index (κ2) is 7.96. The highest BCUT2D eigenvalue weighted by molar-refractivity contribution is 7.21. The molecule has 0 bridgehead atoms. The molecule has 4 rings (SSSR count). The number of benzene rings is 1. The van der Waals surface area contributed by atoms with Crippen molar-refractivity contribution in [2.24, 2.45) is 7.05 Å². The molecule has 8 heteroatoms. The molecule has 29 heavy (non-hydrogen) atoms. The zero-order valence-corrected chi connectivity index (χ0v) is 17.5. The molecular formula is C21H24N4O3S. The predicted molar refractivity (Wildman–Crippen MR) is 112 cm³/mol. The zero-order valence-electron chi connectivity index (χ0n) is 16.7. The number of aryl methyl sites for hydroxylation is 1. The van der Waals surface area contributed by atoms with Gasteiger partial charge in [-0.15, -0.1) is 11.3 Å². The van der Waals surface area contributed by atoms with E-state index < -0.39 is 0 Å². The highest BCUT2D eigenvalue weighted by Gasteiger charge is 2.32. The highest BCUT2D eigenvalue weighted by Crippen LogP contribution is 2.38. The Labute approximate surface area is 173 Å². The van der Waals surface area contributed by atoms with Crippen LogP contribution in [0.1, 0.15) is 45.5 Å². The van der Waals surface area contributed by atoms with Gasteiger partial charge in [0.25, 0.3) is 11.8 Å². The van der Waals surface area contributed by atoms with Crippen LogP contribution in [0.3, 0.4) is 0 Å². The Morgan fingerprint density at radius 3 is 2.83 bits per heavy atom. The van der Waals surface area contributed by atoms with Crippen molar-refractivity contribution in [2.45, 2.75) is 26.0 Å². The average Bonchev–Trinajstić information content (AvgIpc) is 3.30. The molecule has 2 amide bonds. The van der Waals surface area contributed by atoms with Crippen LogP contribution in [0, 0.1) is 0 Å². The molecule has 1 aliphatic heterocycles. The van der Waals surface area contributed by atoms with Crippen LogP contribution in [0.25, 0.3) is 10.1 Å². The quantitative estimate of drug-likeness (QED) is 0.715. The Hall–Kier alpha value is -2.71. The van der Waals surface area contributed by atoms with Crippen molar-refractivity contribution in [1.29, 1.82) is 0 Å². The van der Waals surface area contributed by atoms with Crippen molar-refractivity contribution in [3.05, 3.63) is 52.7 Å². The van der Waals surface area contributed by atoms with Gasteiger partial charge in [0.1, 0.15) is 6.10 Å². The van der Waals surface area contributed by atoms with Crippen molar-refractivity contribution in [1.82, 2.24) is 20.0 Å². The lowest BCUT2D eigenvalue weighted by Gasteiger charge is -2.33. The van der Waals surface area contributed by atoms with Crippen molar-refractivity contribution in [3.63, 3.8) is 0 Å². The summed E-state index contributed by atoms with van der Waals surface area (Å²) in [6, 6.07) is 7.99. The molecule has 152 valence electrons. The Bertz CT molecular complexity index is 1060. The third-order valence-corrected chi connectivity index (χ3v) is 6.07. The lowest BCUT2D eigenvalue weighted by molar-refractivity contribution is -0.0222. The summed E-state index contributed by atoms with van der Waals surface area (Å²) in [6.07, 6.45) is 2.94. The largest absolute Gasteiger partial charge is 0.370 e. The summed E-state index contributed by atoms with van der Waals surface area (Å²) in [6.45, 7) is 5.22. The molecule has 1 fully saturated rings. The van der Waals surface area contributed by atoms with Crippen LogP contribution in [0.15, 0.2) is 36.7 Å². The van der Waals surface area contributed by atoms with E-state index >= 15 is 0 Å². The van der Waals surface area contributed by atoms with Crippen LogP contribution >= 0.6 is 11.3 Å². The SMILES string of the molecule is CC(C)NC(=O)c1sc2ccccc2c1[C@@H]1CN(C(=O)c2cnn(C)c2)CCO1. The van der Waals surface area contributed by atoms with Gasteiger partial charge in [-0.05, 0) is 25.3 Å². The number of hydrogen-bond acceptors (Lipinski definition) is 5. The van der Waals surface area contributed by atoms with Crippen LogP contribution in [-0.4, -0.2) is 52.2 Å². The molecule has 1 N–H and O–H groups in total. The fourth-order valence-corrected chi connectivity index (χ4v) is 4.76. The van der Waals surface area contributed by atoms with Gasteiger partial charge in [0.15, 0.2) is 0 Å². The van der Waals surface area contributed by atoms with Crippen LogP contribution in [0.4, 0.5) is 0 Å². The van der Waals surface area contributed by atoms with Crippen LogP contribution in [-0.2, 0) is 11.8 Å². The van der Waals surface area contributed by atoms with Gasteiger partial charge in [0.05, 0.1) is 29.8 Å². The second-order valence-electron chi connectivity index (χ2n) is 7.48. The van der Waals surface area contributed by atoms with Gasteiger partial charge in [-0.3, -0.25) is 14.3 Å². The maximum absolute atomic E-state index is 12.9. The second-order valence-corrected chi connectivity index (χ2v) is 8.53. The molecular weight excluding hydrogens is 388 g/mol. The van der Waals surface area contributed by atoms with Crippen molar-refractivity contribution < 1.29 is 14.3 Å². The Morgan fingerprint density at radius 1 is 1.31 bits per heavy atom. The fourth-order valence-electron chi connectivity index (χ4n) is 3.60. The summed E-state index contributed by atoms with van der Waals surface area (Å²) in [5.74, 6) is -0.172. The molecule has 0 saturated carbocycles. The van der Waals surface area contributed by atoms with E-state index in [4.69, 9.17) is 4.74 Å². The predicted octanol–water partition coefficient (Wildman–Crippen LogP) is 2.99. The lowest BCUT2D eigenvalue weighted by Crippen LogP contribution is -2.42. The first-order chi connectivity index (χ1) is 13.9. The maximum Gasteiger partial charge on any atom is 0.261 e. The van der Waals surface area contributed by atoms with Crippen LogP contribution in [0.2, 0.25) is 0 Å². The van der Waals surface area contributed by atoms with Crippen molar-refractivity contribution >= 4 is 33.2 Å². The molecule has 3 heterocycles. The summed E-state index contributed by atoms with van der Waals surface area (Å²) < 4.78 is 8.71. The first-order valence-electron chi connectivity index (χ1n) is 9.66. The molecule has 0 spiro atoms. The first kappa shape index (κ1) is 19.6. The molecule has 2 aromatic heterocycles. The Kier molecular flexibility index (Phi) is 5.38. The monoisotopic (exact) mass is 412 g/mol. The fraction of sp³-hybridized carbons (Fsp3) is 0.381. The number of morpholine rings is 1. The van der Waals surface area contributed by atoms with Crippen molar-refractivity contribution in [3.8, 4) is 0 Å². The third-order valence-electron chi connectivity index (χ3n) is 4.89. The standard InChI is InChI=1S/C21H24N4O3S/c1-13(2)23-20(26)19-18(15-6-4-5-7-17(15)29-19)16-12-25(8-9-28-16)21(27)14-10-22-24(3)11-14/h4-7,10-11,13,16H,8-9,12H2,1-3H3,(H,23,26)/t16-/m0/s1. The number of carbonyl (C=O) groups is 2. The number of nitrogens with one attached hydrogen (secondary N) is 1. The van der Waals surface area contributed by atoms with Crippen LogP contribution < -0.4 is 5.32 Å². The number of thiophene rings is 1. The number of ether oxygens (including phenoxy) is 1. The number of amides is 2. The normalized spacial score (nSPS) is 17.1. The first-order valence-corrected chi connectivity index (χ1v) is 10.5. The van der Waals surface area contributed by atoms with E-state index in [0.29, 0.717) is 30.1 Å². The van der Waals surface area contributed by atoms with Gasteiger partial charge in [0, 0.05) is 36.1 Å². The summed E-state index contributed by atoms with van der Waals surface area (Å²) in [7, 11) is 1.79. The number of hydrogen-bond donors (Lipinski definition) is 1. The summed E-state index contributed by atoms with van der Waals surface area (Å²) in [5.41, 5.74) is 1.42. The van der Waals surface area contributed by atoms with Gasteiger partial charge in [-0.25, -0.2) is 0 Å². The van der Waals surface area contributed by atoms with Gasteiger partial charge in [0.2, 0.25) is 0 Å². The van der Waals surface area contributed by atoms with Crippen LogP contribution in [0.5, 0.6) is 0 Å². The summed E-state index contributed by atoms with van der Waals surface area (Å²) >= 11 is 1.47. The molecule has 1 saturated heterocycles. The summed E-state index contributed by atoms with van der Waals surface area (Å²) in [4.78, 5) is 28.2. The van der Waals surface area contributed by atoms with E-state index in [1.807, 2.05) is 38.1 Å². The van der Waals surface area contributed by atoms with E-state index in [9.17, 15) is 9.59 Å². The number of nitrogens with zero attached hydrogens (tertiary/aromatic N) is 3. The van der Waals surface area contributed by atoms with E-state index in [0.717, 1.165) is 15.6 Å². The molecule has 1 atom stereocenters. The number of aromatic nitrogens is 2. The molecule has 0 unspecified atom stereocenters. The number of rotatable bonds is 4. The Balaban J connectivity index is 1.68. The van der Waals surface area contributed by atoms with E-state index in [-0.39, 0.29) is 24.0 Å². The highest BCUT2D eigenvalue weighted by atomic mass is 32.1. The third kappa shape index (κ3) is 3.90. The minimum atomic E-state index is -0.353. The number of fused-ring (bicyclic) bond motifs is 1. The van der Waals surface area contributed by atoms with E-state index in [1.54, 1.807) is 29.0 Å². The summed E-state index contributed by atoms with van der Waals surface area (Å²) in [5, 5.41) is 8.09. The molecule has 7 nitrogen and oxygen atoms in total. The molecule has 1 aromatic carbocycles. The van der Waals surface area contributed by atoms with E-state index in [1.165, 1.54) is 11.3 Å². The average molecular weight is 413 g/mol. The molecule has 0 radical (unpaired) electrons. The minimum absolute atomic E-state index is 0.0384. The minimum Gasteiger partial charge on any atom is -0.370 e. The molecule has 0 aliphatic carbocycles. The van der Waals surface area contributed by atoms with Gasteiger partial charge >= 0.3 is 0 Å².